The summed E-state index contributed by atoms with van der Waals surface area (Å²) in [4.78, 5) is 2.44. The third-order valence-electron chi connectivity index (χ3n) is 4.24. The van der Waals surface area contributed by atoms with Crippen molar-refractivity contribution in [3.8, 4) is 0 Å². The van der Waals surface area contributed by atoms with Gasteiger partial charge < -0.3 is 10.6 Å². The Morgan fingerprint density at radius 3 is 2.58 bits per heavy atom. The minimum absolute atomic E-state index is 0.298. The average molecular weight is 260 g/mol. The molecule has 0 radical (unpaired) electrons. The van der Waals surface area contributed by atoms with E-state index in [-0.39, 0.29) is 0 Å². The maximum Gasteiger partial charge on any atom is 0.0170 e. The van der Waals surface area contributed by atoms with Gasteiger partial charge in [-0.2, -0.15) is 0 Å². The van der Waals surface area contributed by atoms with Crippen molar-refractivity contribution in [1.82, 2.24) is 4.90 Å². The summed E-state index contributed by atoms with van der Waals surface area (Å²) in [6.45, 7) is 2.27. The third kappa shape index (κ3) is 5.33. The molecule has 1 aromatic carbocycles. The number of aryl methyl sites for hydroxylation is 1. The van der Waals surface area contributed by atoms with Gasteiger partial charge in [0.2, 0.25) is 0 Å². The molecule has 0 aliphatic heterocycles. The van der Waals surface area contributed by atoms with Crippen molar-refractivity contribution < 1.29 is 0 Å². The van der Waals surface area contributed by atoms with Crippen molar-refractivity contribution in [3.05, 3.63) is 35.9 Å². The van der Waals surface area contributed by atoms with Crippen molar-refractivity contribution in [2.75, 3.05) is 20.1 Å². The van der Waals surface area contributed by atoms with E-state index in [0.717, 1.165) is 25.3 Å². The average Bonchev–Trinajstić information content (AvgIpc) is 2.90. The summed E-state index contributed by atoms with van der Waals surface area (Å²) in [5.41, 5.74) is 7.65. The molecule has 1 aliphatic carbocycles. The second-order valence-corrected chi connectivity index (χ2v) is 6.16. The van der Waals surface area contributed by atoms with Crippen LogP contribution in [0.2, 0.25) is 0 Å². The van der Waals surface area contributed by atoms with Crippen molar-refractivity contribution in [2.24, 2.45) is 11.7 Å². The molecular formula is C17H28N2. The summed E-state index contributed by atoms with van der Waals surface area (Å²) in [5.74, 6) is 0.923. The van der Waals surface area contributed by atoms with Gasteiger partial charge >= 0.3 is 0 Å². The second kappa shape index (κ2) is 7.66. The summed E-state index contributed by atoms with van der Waals surface area (Å²) in [6.07, 6.45) is 7.88. The van der Waals surface area contributed by atoms with Crippen LogP contribution in [-0.4, -0.2) is 31.1 Å². The number of hydrogen-bond acceptors (Lipinski definition) is 2. The van der Waals surface area contributed by atoms with E-state index < -0.39 is 0 Å². The molecule has 0 spiro atoms. The molecule has 2 nitrogen and oxygen atoms in total. The highest BCUT2D eigenvalue weighted by Gasteiger charge is 2.17. The first-order chi connectivity index (χ1) is 9.24. The first-order valence-electron chi connectivity index (χ1n) is 7.72. The van der Waals surface area contributed by atoms with Gasteiger partial charge in [0, 0.05) is 19.1 Å². The van der Waals surface area contributed by atoms with Gasteiger partial charge in [0.05, 0.1) is 0 Å². The number of hydrogen-bond donors (Lipinski definition) is 1. The van der Waals surface area contributed by atoms with Gasteiger partial charge in [0.15, 0.2) is 0 Å². The Kier molecular flexibility index (Phi) is 5.87. The minimum atomic E-state index is 0.298. The molecule has 1 aliphatic rings. The molecule has 0 amide bonds. The van der Waals surface area contributed by atoms with E-state index in [4.69, 9.17) is 5.73 Å². The Labute approximate surface area is 118 Å². The number of nitrogens with zero attached hydrogens (tertiary/aromatic N) is 1. The lowest BCUT2D eigenvalue weighted by molar-refractivity contribution is 0.259. The van der Waals surface area contributed by atoms with Gasteiger partial charge in [0.1, 0.15) is 0 Å². The molecule has 0 saturated heterocycles. The first-order valence-corrected chi connectivity index (χ1v) is 7.72. The van der Waals surface area contributed by atoms with E-state index in [9.17, 15) is 0 Å². The lowest BCUT2D eigenvalue weighted by Gasteiger charge is -2.24. The molecular weight excluding hydrogens is 232 g/mol. The number of nitrogens with two attached hydrogens (primary N) is 1. The molecule has 0 aromatic heterocycles. The van der Waals surface area contributed by atoms with Crippen LogP contribution in [0.3, 0.4) is 0 Å². The minimum Gasteiger partial charge on any atom is -0.327 e. The Hall–Kier alpha value is -0.860. The van der Waals surface area contributed by atoms with Gasteiger partial charge in [0.25, 0.3) is 0 Å². The lowest BCUT2D eigenvalue weighted by Crippen LogP contribution is -2.37. The fraction of sp³-hybridized carbons (Fsp3) is 0.647. The Morgan fingerprint density at radius 1 is 1.21 bits per heavy atom. The van der Waals surface area contributed by atoms with E-state index in [1.165, 1.54) is 37.8 Å². The zero-order valence-corrected chi connectivity index (χ0v) is 12.2. The lowest BCUT2D eigenvalue weighted by atomic mass is 10.0. The SMILES string of the molecule is CN(CC(N)CCc1ccccc1)CC1CCCC1. The third-order valence-corrected chi connectivity index (χ3v) is 4.24. The van der Waals surface area contributed by atoms with E-state index >= 15 is 0 Å². The van der Waals surface area contributed by atoms with Gasteiger partial charge in [-0.3, -0.25) is 0 Å². The number of likely N-dealkylation sites (N-methyl/N-ethyl adjacent to an activating group) is 1. The monoisotopic (exact) mass is 260 g/mol. The van der Waals surface area contributed by atoms with Crippen molar-refractivity contribution in [2.45, 2.75) is 44.6 Å². The van der Waals surface area contributed by atoms with Gasteiger partial charge in [-0.05, 0) is 44.2 Å². The molecule has 1 saturated carbocycles. The van der Waals surface area contributed by atoms with Crippen LogP contribution >= 0.6 is 0 Å². The van der Waals surface area contributed by atoms with Gasteiger partial charge in [-0.25, -0.2) is 0 Å². The summed E-state index contributed by atoms with van der Waals surface area (Å²) >= 11 is 0. The predicted octanol–water partition coefficient (Wildman–Crippen LogP) is 3.07. The molecule has 2 rings (SSSR count). The quantitative estimate of drug-likeness (QED) is 0.816. The summed E-state index contributed by atoms with van der Waals surface area (Å²) in [5, 5.41) is 0. The van der Waals surface area contributed by atoms with Crippen LogP contribution in [0.25, 0.3) is 0 Å². The standard InChI is InChI=1S/C17H28N2/c1-19(13-16-9-5-6-10-16)14-17(18)12-11-15-7-3-2-4-8-15/h2-4,7-8,16-17H,5-6,9-14,18H2,1H3. The van der Waals surface area contributed by atoms with Crippen LogP contribution in [0.1, 0.15) is 37.7 Å². The molecule has 2 N–H and O–H groups in total. The summed E-state index contributed by atoms with van der Waals surface area (Å²) < 4.78 is 0. The molecule has 1 aromatic rings. The first kappa shape index (κ1) is 14.5. The maximum atomic E-state index is 6.26. The zero-order chi connectivity index (χ0) is 13.5. The maximum absolute atomic E-state index is 6.26. The zero-order valence-electron chi connectivity index (χ0n) is 12.2. The van der Waals surface area contributed by atoms with Crippen LogP contribution in [0.5, 0.6) is 0 Å². The van der Waals surface area contributed by atoms with E-state index in [0.29, 0.717) is 6.04 Å². The normalized spacial score (nSPS) is 18.1. The molecule has 106 valence electrons. The van der Waals surface area contributed by atoms with Gasteiger partial charge in [-0.1, -0.05) is 43.2 Å². The Bertz CT molecular complexity index is 344. The van der Waals surface area contributed by atoms with Gasteiger partial charge in [-0.15, -0.1) is 0 Å². The van der Waals surface area contributed by atoms with E-state index in [2.05, 4.69) is 42.3 Å². The molecule has 1 unspecified atom stereocenters. The fourth-order valence-corrected chi connectivity index (χ4v) is 3.20. The Balaban J connectivity index is 1.64. The van der Waals surface area contributed by atoms with Crippen LogP contribution in [0.15, 0.2) is 30.3 Å². The highest BCUT2D eigenvalue weighted by Crippen LogP contribution is 2.25. The van der Waals surface area contributed by atoms with Crippen LogP contribution in [-0.2, 0) is 6.42 Å². The van der Waals surface area contributed by atoms with Crippen LogP contribution in [0, 0.1) is 5.92 Å². The molecule has 0 bridgehead atoms. The number of benzene rings is 1. The molecule has 1 atom stereocenters. The van der Waals surface area contributed by atoms with E-state index in [1.807, 2.05) is 0 Å². The molecule has 2 heteroatoms. The largest absolute Gasteiger partial charge is 0.327 e. The smallest absolute Gasteiger partial charge is 0.0170 e. The second-order valence-electron chi connectivity index (χ2n) is 6.16. The van der Waals surface area contributed by atoms with Crippen LogP contribution in [0.4, 0.5) is 0 Å². The van der Waals surface area contributed by atoms with Crippen molar-refractivity contribution >= 4 is 0 Å². The van der Waals surface area contributed by atoms with Crippen LogP contribution < -0.4 is 5.73 Å². The van der Waals surface area contributed by atoms with E-state index in [1.54, 1.807) is 0 Å². The molecule has 19 heavy (non-hydrogen) atoms. The predicted molar refractivity (Wildman–Crippen MR) is 82.2 cm³/mol. The fourth-order valence-electron chi connectivity index (χ4n) is 3.20. The summed E-state index contributed by atoms with van der Waals surface area (Å²) in [7, 11) is 2.22. The van der Waals surface area contributed by atoms with Crippen molar-refractivity contribution in [1.29, 1.82) is 0 Å². The summed E-state index contributed by atoms with van der Waals surface area (Å²) in [6, 6.07) is 11.0. The molecule has 1 fully saturated rings. The number of rotatable bonds is 7. The molecule has 0 heterocycles. The van der Waals surface area contributed by atoms with Crippen molar-refractivity contribution in [3.63, 3.8) is 0 Å². The highest BCUT2D eigenvalue weighted by atomic mass is 15.1. The highest BCUT2D eigenvalue weighted by molar-refractivity contribution is 5.14. The topological polar surface area (TPSA) is 29.3 Å². The Morgan fingerprint density at radius 2 is 1.89 bits per heavy atom.